The fraction of sp³-hybridized carbons (Fsp3) is 0.258. The van der Waals surface area contributed by atoms with Crippen molar-refractivity contribution in [3.63, 3.8) is 0 Å². The molecule has 4 aromatic rings. The molecule has 1 saturated carbocycles. The van der Waals surface area contributed by atoms with Gasteiger partial charge in [0.05, 0.1) is 18.3 Å². The van der Waals surface area contributed by atoms with Crippen LogP contribution in [0.5, 0.6) is 0 Å². The number of rotatable bonds is 7. The molecule has 1 amide bonds. The Morgan fingerprint density at radius 3 is 2.50 bits per heavy atom. The zero-order chi connectivity index (χ0) is 26.6. The second-order valence-electron chi connectivity index (χ2n) is 9.91. The minimum Gasteiger partial charge on any atom is -0.478 e. The number of carbonyl (C=O) groups is 2. The maximum Gasteiger partial charge on any atom is 0.328 e. The fourth-order valence-corrected chi connectivity index (χ4v) is 5.21. The van der Waals surface area contributed by atoms with E-state index < -0.39 is 11.8 Å². The zero-order valence-electron chi connectivity index (χ0n) is 21.3. The van der Waals surface area contributed by atoms with Crippen LogP contribution in [0.1, 0.15) is 43.2 Å². The first-order chi connectivity index (χ1) is 18.4. The highest BCUT2D eigenvalue weighted by molar-refractivity contribution is 5.95. The minimum absolute atomic E-state index is 0.0189. The first kappa shape index (κ1) is 25.4. The van der Waals surface area contributed by atoms with E-state index in [1.807, 2.05) is 42.2 Å². The summed E-state index contributed by atoms with van der Waals surface area (Å²) in [4.78, 5) is 26.3. The van der Waals surface area contributed by atoms with Crippen LogP contribution in [0, 0.1) is 11.7 Å². The van der Waals surface area contributed by atoms with Gasteiger partial charge in [0.2, 0.25) is 5.91 Å². The van der Waals surface area contributed by atoms with Crippen molar-refractivity contribution in [1.29, 1.82) is 0 Å². The van der Waals surface area contributed by atoms with E-state index in [9.17, 15) is 14.0 Å². The summed E-state index contributed by atoms with van der Waals surface area (Å²) < 4.78 is 16.4. The summed E-state index contributed by atoms with van der Waals surface area (Å²) >= 11 is 0. The number of aromatic nitrogens is 2. The normalized spacial score (nSPS) is 14.3. The van der Waals surface area contributed by atoms with E-state index in [1.165, 1.54) is 18.2 Å². The van der Waals surface area contributed by atoms with Crippen LogP contribution in [-0.4, -0.2) is 26.8 Å². The lowest BCUT2D eigenvalue weighted by Crippen LogP contribution is -2.36. The molecule has 0 unspecified atom stereocenters. The molecule has 6 nitrogen and oxygen atoms in total. The Labute approximate surface area is 221 Å². The number of halogens is 1. The molecule has 7 heteroatoms. The molecular weight excluding hydrogens is 481 g/mol. The fourth-order valence-electron chi connectivity index (χ4n) is 5.21. The third kappa shape index (κ3) is 5.67. The van der Waals surface area contributed by atoms with Crippen LogP contribution < -0.4 is 4.90 Å². The highest BCUT2D eigenvalue weighted by Crippen LogP contribution is 2.31. The average Bonchev–Trinajstić information content (AvgIpc) is 3.30. The highest BCUT2D eigenvalue weighted by Gasteiger charge is 2.27. The summed E-state index contributed by atoms with van der Waals surface area (Å²) in [6, 6.07) is 18.5. The Morgan fingerprint density at radius 2 is 1.76 bits per heavy atom. The summed E-state index contributed by atoms with van der Waals surface area (Å²) in [7, 11) is 1.92. The van der Waals surface area contributed by atoms with Crippen molar-refractivity contribution in [3.8, 4) is 11.1 Å². The summed E-state index contributed by atoms with van der Waals surface area (Å²) in [6.45, 7) is 0.294. The van der Waals surface area contributed by atoms with Gasteiger partial charge in [-0.1, -0.05) is 49.6 Å². The highest BCUT2D eigenvalue weighted by atomic mass is 19.1. The van der Waals surface area contributed by atoms with Gasteiger partial charge in [-0.2, -0.15) is 5.10 Å². The maximum atomic E-state index is 14.6. The number of aryl methyl sites for hydroxylation is 1. The average molecular weight is 512 g/mol. The maximum absolute atomic E-state index is 14.6. The standard InChI is InChI=1S/C31H30FN3O3/c1-34-29-13-12-25(17-26(29)19-33-34)23-10-7-21(8-11-23)20-35(31(38)24-5-3-2-4-6-24)28-16-22(9-14-30(36)37)15-27(32)18-28/h7-19,24H,2-6,20H2,1H3,(H,36,37). The van der Waals surface area contributed by atoms with E-state index in [-0.39, 0.29) is 11.8 Å². The lowest BCUT2D eigenvalue weighted by molar-refractivity contribution is -0.131. The van der Waals surface area contributed by atoms with Gasteiger partial charge in [-0.05, 0) is 71.5 Å². The van der Waals surface area contributed by atoms with Crippen molar-refractivity contribution < 1.29 is 19.1 Å². The van der Waals surface area contributed by atoms with Crippen LogP contribution in [0.15, 0.2) is 72.9 Å². The summed E-state index contributed by atoms with van der Waals surface area (Å²) in [6.07, 6.45) is 8.95. The number of carboxylic acid groups (broad SMARTS) is 1. The van der Waals surface area contributed by atoms with E-state index in [2.05, 4.69) is 23.3 Å². The van der Waals surface area contributed by atoms with Gasteiger partial charge in [-0.3, -0.25) is 9.48 Å². The van der Waals surface area contributed by atoms with Crippen molar-refractivity contribution in [2.45, 2.75) is 38.6 Å². The monoisotopic (exact) mass is 511 g/mol. The van der Waals surface area contributed by atoms with Crippen molar-refractivity contribution in [3.05, 3.63) is 89.9 Å². The molecule has 0 atom stereocenters. The van der Waals surface area contributed by atoms with Gasteiger partial charge >= 0.3 is 5.97 Å². The Kier molecular flexibility index (Phi) is 7.36. The van der Waals surface area contributed by atoms with Crippen LogP contribution >= 0.6 is 0 Å². The van der Waals surface area contributed by atoms with Crippen molar-refractivity contribution >= 4 is 34.5 Å². The third-order valence-corrected chi connectivity index (χ3v) is 7.23. The Bertz CT molecular complexity index is 1500. The van der Waals surface area contributed by atoms with Crippen LogP contribution in [0.2, 0.25) is 0 Å². The van der Waals surface area contributed by atoms with Gasteiger partial charge in [0.1, 0.15) is 5.82 Å². The number of benzene rings is 3. The molecule has 0 bridgehead atoms. The smallest absolute Gasteiger partial charge is 0.328 e. The SMILES string of the molecule is Cn1ncc2cc(-c3ccc(CN(C(=O)C4CCCCC4)c4cc(F)cc(C=CC(=O)O)c4)cc3)ccc21. The molecular formula is C31H30FN3O3. The molecule has 0 saturated heterocycles. The summed E-state index contributed by atoms with van der Waals surface area (Å²) in [5.41, 5.74) is 4.94. The molecule has 0 spiro atoms. The van der Waals surface area contributed by atoms with Crippen LogP contribution in [0.4, 0.5) is 10.1 Å². The van der Waals surface area contributed by atoms with Crippen molar-refractivity contribution in [1.82, 2.24) is 9.78 Å². The van der Waals surface area contributed by atoms with E-state index in [0.29, 0.717) is 17.8 Å². The first-order valence-electron chi connectivity index (χ1n) is 12.9. The van der Waals surface area contributed by atoms with Crippen LogP contribution in [0.3, 0.4) is 0 Å². The molecule has 1 aliphatic rings. The van der Waals surface area contributed by atoms with E-state index in [0.717, 1.165) is 65.8 Å². The zero-order valence-corrected chi connectivity index (χ0v) is 21.3. The van der Waals surface area contributed by atoms with E-state index in [1.54, 1.807) is 11.0 Å². The molecule has 38 heavy (non-hydrogen) atoms. The number of fused-ring (bicyclic) bond motifs is 1. The van der Waals surface area contributed by atoms with Gasteiger partial charge in [-0.15, -0.1) is 0 Å². The van der Waals surface area contributed by atoms with Gasteiger partial charge in [-0.25, -0.2) is 9.18 Å². The second kappa shape index (κ2) is 11.0. The predicted octanol–water partition coefficient (Wildman–Crippen LogP) is 6.59. The number of hydrogen-bond donors (Lipinski definition) is 1. The minimum atomic E-state index is -1.12. The largest absolute Gasteiger partial charge is 0.478 e. The number of carboxylic acids is 1. The number of hydrogen-bond acceptors (Lipinski definition) is 3. The number of anilines is 1. The van der Waals surface area contributed by atoms with Gasteiger partial charge in [0.15, 0.2) is 0 Å². The Balaban J connectivity index is 1.44. The molecule has 0 aliphatic heterocycles. The van der Waals surface area contributed by atoms with E-state index >= 15 is 0 Å². The van der Waals surface area contributed by atoms with Gasteiger partial charge in [0.25, 0.3) is 0 Å². The van der Waals surface area contributed by atoms with Gasteiger partial charge in [0, 0.05) is 30.1 Å². The number of amides is 1. The summed E-state index contributed by atoms with van der Waals surface area (Å²) in [5, 5.41) is 14.4. The molecule has 1 fully saturated rings. The molecule has 1 N–H and O–H groups in total. The molecule has 5 rings (SSSR count). The topological polar surface area (TPSA) is 75.4 Å². The first-order valence-corrected chi connectivity index (χ1v) is 12.9. The van der Waals surface area contributed by atoms with Gasteiger partial charge < -0.3 is 10.0 Å². The Hall–Kier alpha value is -4.26. The molecule has 3 aromatic carbocycles. The van der Waals surface area contributed by atoms with Crippen molar-refractivity contribution in [2.75, 3.05) is 4.90 Å². The number of carbonyl (C=O) groups excluding carboxylic acids is 1. The lowest BCUT2D eigenvalue weighted by Gasteiger charge is -2.30. The molecule has 1 aliphatic carbocycles. The van der Waals surface area contributed by atoms with Crippen molar-refractivity contribution in [2.24, 2.45) is 13.0 Å². The lowest BCUT2D eigenvalue weighted by atomic mass is 9.88. The molecule has 194 valence electrons. The van der Waals surface area contributed by atoms with E-state index in [4.69, 9.17) is 5.11 Å². The van der Waals surface area contributed by atoms with Crippen LogP contribution in [0.25, 0.3) is 28.1 Å². The number of nitrogens with zero attached hydrogens (tertiary/aromatic N) is 3. The number of aliphatic carboxylic acids is 1. The second-order valence-corrected chi connectivity index (χ2v) is 9.91. The third-order valence-electron chi connectivity index (χ3n) is 7.23. The molecule has 1 heterocycles. The predicted molar refractivity (Wildman–Crippen MR) is 147 cm³/mol. The summed E-state index contributed by atoms with van der Waals surface area (Å²) in [5.74, 6) is -1.76. The molecule has 0 radical (unpaired) electrons. The van der Waals surface area contributed by atoms with Crippen LogP contribution in [-0.2, 0) is 23.2 Å². The Morgan fingerprint density at radius 1 is 1.03 bits per heavy atom. The quantitative estimate of drug-likeness (QED) is 0.284. The molecule has 1 aromatic heterocycles.